The summed E-state index contributed by atoms with van der Waals surface area (Å²) in [5, 5.41) is 0. The second-order valence-electron chi connectivity index (χ2n) is 7.68. The van der Waals surface area contributed by atoms with Crippen LogP contribution in [0.25, 0.3) is 0 Å². The molecular formula is C20H27F3N2O3. The molecule has 2 aliphatic heterocycles. The molecule has 2 saturated heterocycles. The van der Waals surface area contributed by atoms with Crippen LogP contribution in [-0.4, -0.2) is 60.9 Å². The van der Waals surface area contributed by atoms with Gasteiger partial charge in [-0.25, -0.2) is 0 Å². The average Bonchev–Trinajstić information content (AvgIpc) is 2.64. The number of likely N-dealkylation sites (tertiary alicyclic amines) is 2. The van der Waals surface area contributed by atoms with E-state index in [-0.39, 0.29) is 17.8 Å². The van der Waals surface area contributed by atoms with Crippen LogP contribution in [0.5, 0.6) is 11.5 Å². The Kier molecular flexibility index (Phi) is 6.69. The van der Waals surface area contributed by atoms with Crippen LogP contribution in [-0.2, 0) is 4.79 Å². The van der Waals surface area contributed by atoms with Gasteiger partial charge in [-0.2, -0.15) is 0 Å². The number of piperidine rings is 2. The van der Waals surface area contributed by atoms with E-state index in [0.717, 1.165) is 51.9 Å². The molecule has 0 aliphatic carbocycles. The Morgan fingerprint density at radius 3 is 2.14 bits per heavy atom. The summed E-state index contributed by atoms with van der Waals surface area (Å²) in [5.74, 6) is 1.16. The zero-order valence-corrected chi connectivity index (χ0v) is 16.1. The van der Waals surface area contributed by atoms with E-state index < -0.39 is 6.36 Å². The fourth-order valence-electron chi connectivity index (χ4n) is 3.65. The van der Waals surface area contributed by atoms with Crippen molar-refractivity contribution in [1.82, 2.24) is 9.80 Å². The smallest absolute Gasteiger partial charge is 0.490 e. The third-order valence-electron chi connectivity index (χ3n) is 5.39. The third-order valence-corrected chi connectivity index (χ3v) is 5.39. The third kappa shape index (κ3) is 6.29. The first kappa shape index (κ1) is 20.8. The predicted molar refractivity (Wildman–Crippen MR) is 98.2 cm³/mol. The van der Waals surface area contributed by atoms with Gasteiger partial charge in [0, 0.05) is 26.2 Å². The molecule has 3 rings (SSSR count). The van der Waals surface area contributed by atoms with Gasteiger partial charge in [0.2, 0.25) is 5.91 Å². The van der Waals surface area contributed by atoms with Crippen molar-refractivity contribution in [3.8, 4) is 11.5 Å². The van der Waals surface area contributed by atoms with E-state index in [4.69, 9.17) is 4.74 Å². The van der Waals surface area contributed by atoms with E-state index in [1.165, 1.54) is 24.3 Å². The van der Waals surface area contributed by atoms with E-state index in [9.17, 15) is 18.0 Å². The lowest BCUT2D eigenvalue weighted by Gasteiger charge is -2.35. The van der Waals surface area contributed by atoms with Crippen molar-refractivity contribution in [2.45, 2.75) is 45.1 Å². The summed E-state index contributed by atoms with van der Waals surface area (Å²) in [5.41, 5.74) is 0. The van der Waals surface area contributed by atoms with Gasteiger partial charge in [0.25, 0.3) is 0 Å². The molecule has 1 aromatic rings. The van der Waals surface area contributed by atoms with Crippen molar-refractivity contribution in [1.29, 1.82) is 0 Å². The zero-order chi connectivity index (χ0) is 20.1. The summed E-state index contributed by atoms with van der Waals surface area (Å²) < 4.78 is 46.3. The van der Waals surface area contributed by atoms with E-state index in [0.29, 0.717) is 18.2 Å². The normalized spacial score (nSPS) is 20.2. The fraction of sp³-hybridized carbons (Fsp3) is 0.650. The highest BCUT2D eigenvalue weighted by molar-refractivity contribution is 5.78. The minimum Gasteiger partial charge on any atom is -0.490 e. The topological polar surface area (TPSA) is 42.0 Å². The van der Waals surface area contributed by atoms with Crippen LogP contribution in [0.1, 0.15) is 32.6 Å². The molecule has 5 nitrogen and oxygen atoms in total. The lowest BCUT2D eigenvalue weighted by Crippen LogP contribution is -2.47. The molecule has 2 aliphatic rings. The molecule has 1 aromatic carbocycles. The summed E-state index contributed by atoms with van der Waals surface area (Å²) in [6, 6.07) is 5.45. The quantitative estimate of drug-likeness (QED) is 0.756. The number of amides is 1. The minimum absolute atomic E-state index is 0.00317. The van der Waals surface area contributed by atoms with E-state index >= 15 is 0 Å². The Morgan fingerprint density at radius 1 is 1.00 bits per heavy atom. The van der Waals surface area contributed by atoms with Crippen LogP contribution in [0.4, 0.5) is 13.2 Å². The maximum atomic E-state index is 12.4. The van der Waals surface area contributed by atoms with Gasteiger partial charge in [-0.15, -0.1) is 13.2 Å². The van der Waals surface area contributed by atoms with Crippen LogP contribution in [0, 0.1) is 5.92 Å². The SMILES string of the molecule is CC1CCN(C(=O)CN2CCC(Oc3ccc(OC(F)(F)F)cc3)CC2)CC1. The number of benzene rings is 1. The molecule has 0 aromatic heterocycles. The maximum absolute atomic E-state index is 12.4. The molecule has 2 heterocycles. The number of halogens is 3. The number of carbonyl (C=O) groups excluding carboxylic acids is 1. The van der Waals surface area contributed by atoms with Gasteiger partial charge in [0.05, 0.1) is 6.54 Å². The second kappa shape index (κ2) is 9.03. The van der Waals surface area contributed by atoms with Crippen LogP contribution >= 0.6 is 0 Å². The number of hydrogen-bond donors (Lipinski definition) is 0. The Hall–Kier alpha value is -1.96. The molecule has 0 bridgehead atoms. The highest BCUT2D eigenvalue weighted by Crippen LogP contribution is 2.26. The van der Waals surface area contributed by atoms with Crippen LogP contribution in [0.3, 0.4) is 0 Å². The highest BCUT2D eigenvalue weighted by atomic mass is 19.4. The fourth-order valence-corrected chi connectivity index (χ4v) is 3.65. The Morgan fingerprint density at radius 2 is 1.57 bits per heavy atom. The summed E-state index contributed by atoms with van der Waals surface area (Å²) in [6.07, 6.45) is -0.977. The van der Waals surface area contributed by atoms with Gasteiger partial charge in [0.1, 0.15) is 17.6 Å². The second-order valence-corrected chi connectivity index (χ2v) is 7.68. The Labute approximate surface area is 163 Å². The molecule has 0 N–H and O–H groups in total. The number of ether oxygens (including phenoxy) is 2. The van der Waals surface area contributed by atoms with Gasteiger partial charge in [0.15, 0.2) is 0 Å². The molecule has 1 amide bonds. The van der Waals surface area contributed by atoms with Crippen molar-refractivity contribution in [2.75, 3.05) is 32.7 Å². The zero-order valence-electron chi connectivity index (χ0n) is 16.1. The molecule has 28 heavy (non-hydrogen) atoms. The summed E-state index contributed by atoms with van der Waals surface area (Å²) >= 11 is 0. The standard InChI is InChI=1S/C20H27F3N2O3/c1-15-6-12-25(13-7-15)19(26)14-24-10-8-17(9-11-24)27-16-2-4-18(5-3-16)28-20(21,22)23/h2-5,15,17H,6-14H2,1H3. The van der Waals surface area contributed by atoms with E-state index in [2.05, 4.69) is 16.6 Å². The molecule has 0 radical (unpaired) electrons. The van der Waals surface area contributed by atoms with Crippen LogP contribution in [0.2, 0.25) is 0 Å². The Balaban J connectivity index is 1.40. The van der Waals surface area contributed by atoms with Crippen LogP contribution in [0.15, 0.2) is 24.3 Å². The molecule has 0 unspecified atom stereocenters. The van der Waals surface area contributed by atoms with Gasteiger partial charge >= 0.3 is 6.36 Å². The maximum Gasteiger partial charge on any atom is 0.573 e. The first-order chi connectivity index (χ1) is 13.3. The van der Waals surface area contributed by atoms with Crippen molar-refractivity contribution >= 4 is 5.91 Å². The molecule has 2 fully saturated rings. The van der Waals surface area contributed by atoms with Crippen molar-refractivity contribution in [3.05, 3.63) is 24.3 Å². The Bertz CT molecular complexity index is 635. The number of nitrogens with zero attached hydrogens (tertiary/aromatic N) is 2. The van der Waals surface area contributed by atoms with Crippen molar-refractivity contribution < 1.29 is 27.4 Å². The molecule has 8 heteroatoms. The first-order valence-electron chi connectivity index (χ1n) is 9.81. The van der Waals surface area contributed by atoms with Gasteiger partial charge in [-0.05, 0) is 55.9 Å². The lowest BCUT2D eigenvalue weighted by molar-refractivity contribution is -0.274. The highest BCUT2D eigenvalue weighted by Gasteiger charge is 2.31. The first-order valence-corrected chi connectivity index (χ1v) is 9.81. The molecular weight excluding hydrogens is 373 g/mol. The van der Waals surface area contributed by atoms with E-state index in [1.807, 2.05) is 4.90 Å². The monoisotopic (exact) mass is 400 g/mol. The van der Waals surface area contributed by atoms with Gasteiger partial charge < -0.3 is 14.4 Å². The van der Waals surface area contributed by atoms with E-state index in [1.54, 1.807) is 0 Å². The number of alkyl halides is 3. The lowest BCUT2D eigenvalue weighted by atomic mass is 9.99. The summed E-state index contributed by atoms with van der Waals surface area (Å²) in [4.78, 5) is 16.6. The van der Waals surface area contributed by atoms with Crippen molar-refractivity contribution in [2.24, 2.45) is 5.92 Å². The van der Waals surface area contributed by atoms with Crippen molar-refractivity contribution in [3.63, 3.8) is 0 Å². The molecule has 0 atom stereocenters. The van der Waals surface area contributed by atoms with Gasteiger partial charge in [-0.3, -0.25) is 9.69 Å². The summed E-state index contributed by atoms with van der Waals surface area (Å²) in [7, 11) is 0. The largest absolute Gasteiger partial charge is 0.573 e. The number of hydrogen-bond acceptors (Lipinski definition) is 4. The predicted octanol–water partition coefficient (Wildman–Crippen LogP) is 3.69. The average molecular weight is 400 g/mol. The number of carbonyl (C=O) groups is 1. The summed E-state index contributed by atoms with van der Waals surface area (Å²) in [6.45, 7) is 5.93. The number of rotatable bonds is 5. The van der Waals surface area contributed by atoms with Crippen LogP contribution < -0.4 is 9.47 Å². The molecule has 0 spiro atoms. The van der Waals surface area contributed by atoms with Gasteiger partial charge in [-0.1, -0.05) is 6.92 Å². The molecule has 156 valence electrons. The molecule has 0 saturated carbocycles. The minimum atomic E-state index is -4.70.